The Morgan fingerprint density at radius 2 is 1.65 bits per heavy atom. The van der Waals surface area contributed by atoms with Crippen LogP contribution in [0.4, 0.5) is 37.1 Å². The highest BCUT2D eigenvalue weighted by Crippen LogP contribution is 2.55. The normalized spacial score (nSPS) is 17.0. The number of nitrogens with zero attached hydrogens (tertiary/aromatic N) is 4. The van der Waals surface area contributed by atoms with Gasteiger partial charge in [0.2, 0.25) is 16.0 Å². The molecule has 1 spiro atoms. The molecule has 1 saturated heterocycles. The zero-order valence-electron chi connectivity index (χ0n) is 29.0. The maximum Gasteiger partial charge on any atom is 0.416 e. The molecule has 1 aliphatic carbocycles. The van der Waals surface area contributed by atoms with Crippen molar-refractivity contribution in [3.63, 3.8) is 0 Å². The molecule has 4 aromatic rings. The van der Waals surface area contributed by atoms with E-state index < -0.39 is 69.3 Å². The number of cyclic esters (lactones) is 1. The van der Waals surface area contributed by atoms with Gasteiger partial charge in [-0.05, 0) is 90.9 Å². The van der Waals surface area contributed by atoms with Crippen LogP contribution in [0.2, 0.25) is 0 Å². The minimum Gasteiger partial charge on any atom is -0.496 e. The van der Waals surface area contributed by atoms with Gasteiger partial charge in [0.25, 0.3) is 0 Å². The number of ether oxygens (including phenoxy) is 2. The van der Waals surface area contributed by atoms with Crippen molar-refractivity contribution in [2.45, 2.75) is 56.7 Å². The van der Waals surface area contributed by atoms with Crippen LogP contribution in [-0.2, 0) is 33.7 Å². The minimum atomic E-state index is -5.13. The van der Waals surface area contributed by atoms with Crippen LogP contribution in [0.25, 0.3) is 22.3 Å². The Hall–Kier alpha value is -5.39. The second-order valence-corrected chi connectivity index (χ2v) is 15.2. The maximum absolute atomic E-state index is 13.8. The number of benzene rings is 3. The van der Waals surface area contributed by atoms with E-state index in [4.69, 9.17) is 9.47 Å². The highest BCUT2D eigenvalue weighted by Gasteiger charge is 2.59. The third-order valence-electron chi connectivity index (χ3n) is 9.81. The number of aromatic nitrogens is 2. The Labute approximate surface area is 305 Å². The van der Waals surface area contributed by atoms with Crippen molar-refractivity contribution >= 4 is 28.0 Å². The first-order chi connectivity index (χ1) is 25.1. The number of carboxylic acids is 1. The summed E-state index contributed by atoms with van der Waals surface area (Å²) >= 11 is 0. The molecule has 3 aromatic carbocycles. The number of rotatable bonds is 9. The lowest BCUT2D eigenvalue weighted by Gasteiger charge is -2.46. The van der Waals surface area contributed by atoms with E-state index in [1.165, 1.54) is 37.4 Å². The monoisotopic (exact) mass is 778 g/mol. The molecular weight excluding hydrogens is 746 g/mol. The number of aromatic carboxylic acids is 1. The topological polar surface area (TPSA) is 139 Å². The standard InChI is InChI=1S/C36H32F6N4O7S/c1-19-12-21(31(47)48)6-8-25(19)20-7-9-29(52-3)26(15-20)27-17-43-32(45(2)54(4,50)51)44-28(27)18-46-33(49)53-30(34(46)10-5-11-34)22-13-23(35(37,38)39)16-24(14-22)36(40,41)42/h6-9,12-17,30H,5,10-11,18H2,1-4H3,(H,47,48)/t30-/m1/s1. The van der Waals surface area contributed by atoms with E-state index in [1.54, 1.807) is 31.2 Å². The number of sulfonamides is 1. The van der Waals surface area contributed by atoms with Gasteiger partial charge in [0.1, 0.15) is 5.75 Å². The van der Waals surface area contributed by atoms with E-state index in [2.05, 4.69) is 9.97 Å². The van der Waals surface area contributed by atoms with E-state index in [9.17, 15) is 49.5 Å². The molecule has 0 radical (unpaired) electrons. The SMILES string of the molecule is COc1ccc(-c2ccc(C(=O)O)cc2C)cc1-c1cnc(N(C)S(C)(=O)=O)nc1CN1C(=O)O[C@H](c2cc(C(F)(F)F)cc(C(F)(F)F)c2)C12CCC2. The minimum absolute atomic E-state index is 0.00196. The summed E-state index contributed by atoms with van der Waals surface area (Å²) in [5.41, 5.74) is -2.28. The Kier molecular flexibility index (Phi) is 9.57. The molecule has 2 fully saturated rings. The number of carbonyl (C=O) groups excluding carboxylic acids is 1. The van der Waals surface area contributed by atoms with Gasteiger partial charge in [-0.15, -0.1) is 0 Å². The fourth-order valence-electron chi connectivity index (χ4n) is 6.81. The molecule has 2 heterocycles. The first-order valence-corrected chi connectivity index (χ1v) is 18.1. The Bertz CT molecular complexity index is 2240. The smallest absolute Gasteiger partial charge is 0.416 e. The third kappa shape index (κ3) is 7.01. The summed E-state index contributed by atoms with van der Waals surface area (Å²) in [6.45, 7) is 1.31. The maximum atomic E-state index is 13.8. The van der Waals surface area contributed by atoms with Gasteiger partial charge < -0.3 is 14.6 Å². The summed E-state index contributed by atoms with van der Waals surface area (Å²) in [5.74, 6) is -1.09. The van der Waals surface area contributed by atoms with E-state index in [0.29, 0.717) is 46.6 Å². The van der Waals surface area contributed by atoms with Crippen molar-refractivity contribution in [2.24, 2.45) is 0 Å². The van der Waals surface area contributed by atoms with Crippen LogP contribution in [0.15, 0.2) is 60.8 Å². The van der Waals surface area contributed by atoms with E-state index >= 15 is 0 Å². The first-order valence-electron chi connectivity index (χ1n) is 16.2. The number of methoxy groups -OCH3 is 1. The van der Waals surface area contributed by atoms with Crippen molar-refractivity contribution in [3.05, 3.63) is 94.3 Å². The lowest BCUT2D eigenvalue weighted by atomic mass is 9.70. The summed E-state index contributed by atoms with van der Waals surface area (Å²) in [5, 5.41) is 9.44. The molecule has 0 bridgehead atoms. The molecule has 1 saturated carbocycles. The van der Waals surface area contributed by atoms with Crippen LogP contribution in [0, 0.1) is 6.92 Å². The van der Waals surface area contributed by atoms with Gasteiger partial charge in [-0.1, -0.05) is 12.1 Å². The molecule has 286 valence electrons. The summed E-state index contributed by atoms with van der Waals surface area (Å²) in [6, 6.07) is 10.7. The van der Waals surface area contributed by atoms with Crippen LogP contribution in [-0.4, -0.2) is 66.4 Å². The molecular formula is C36H32F6N4O7S. The molecule has 1 aromatic heterocycles. The zero-order valence-corrected chi connectivity index (χ0v) is 29.9. The number of carboxylic acid groups (broad SMARTS) is 1. The summed E-state index contributed by atoms with van der Waals surface area (Å²) in [6.07, 6.45) is -9.75. The van der Waals surface area contributed by atoms with Crippen LogP contribution in [0.1, 0.15) is 63.7 Å². The Balaban J connectivity index is 1.49. The highest BCUT2D eigenvalue weighted by atomic mass is 32.2. The zero-order chi connectivity index (χ0) is 39.5. The highest BCUT2D eigenvalue weighted by molar-refractivity contribution is 7.92. The number of halogens is 6. The van der Waals surface area contributed by atoms with E-state index in [1.807, 2.05) is 0 Å². The summed E-state index contributed by atoms with van der Waals surface area (Å²) in [4.78, 5) is 35.2. The van der Waals surface area contributed by atoms with Gasteiger partial charge in [-0.25, -0.2) is 32.3 Å². The van der Waals surface area contributed by atoms with Gasteiger partial charge in [0.05, 0.1) is 47.8 Å². The van der Waals surface area contributed by atoms with Crippen molar-refractivity contribution in [1.29, 1.82) is 0 Å². The predicted molar refractivity (Wildman–Crippen MR) is 182 cm³/mol. The third-order valence-corrected chi connectivity index (χ3v) is 11.0. The number of carbonyl (C=O) groups is 2. The van der Waals surface area contributed by atoms with Crippen molar-refractivity contribution < 1.29 is 58.9 Å². The average molecular weight is 779 g/mol. The molecule has 0 unspecified atom stereocenters. The fourth-order valence-corrected chi connectivity index (χ4v) is 7.19. The molecule has 1 aliphatic heterocycles. The summed E-state index contributed by atoms with van der Waals surface area (Å²) < 4.78 is 120. The Morgan fingerprint density at radius 3 is 2.17 bits per heavy atom. The largest absolute Gasteiger partial charge is 0.496 e. The number of hydrogen-bond donors (Lipinski definition) is 1. The van der Waals surface area contributed by atoms with E-state index in [-0.39, 0.29) is 41.7 Å². The van der Waals surface area contributed by atoms with Crippen LogP contribution >= 0.6 is 0 Å². The van der Waals surface area contributed by atoms with Gasteiger partial charge in [-0.3, -0.25) is 4.90 Å². The lowest BCUT2D eigenvalue weighted by Crippen LogP contribution is -2.53. The second-order valence-electron chi connectivity index (χ2n) is 13.2. The van der Waals surface area contributed by atoms with Crippen LogP contribution in [0.3, 0.4) is 0 Å². The van der Waals surface area contributed by atoms with Gasteiger partial charge in [-0.2, -0.15) is 26.3 Å². The molecule has 6 rings (SSSR count). The van der Waals surface area contributed by atoms with Crippen molar-refractivity contribution in [1.82, 2.24) is 14.9 Å². The van der Waals surface area contributed by atoms with Crippen LogP contribution < -0.4 is 9.04 Å². The molecule has 1 atom stereocenters. The fraction of sp³-hybridized carbons (Fsp3) is 0.333. The number of hydrogen-bond acceptors (Lipinski definition) is 8. The molecule has 54 heavy (non-hydrogen) atoms. The molecule has 1 N–H and O–H groups in total. The molecule has 2 aliphatic rings. The first kappa shape index (κ1) is 38.3. The van der Waals surface area contributed by atoms with Crippen molar-refractivity contribution in [3.8, 4) is 28.0 Å². The van der Waals surface area contributed by atoms with E-state index in [0.717, 1.165) is 10.6 Å². The van der Waals surface area contributed by atoms with Crippen molar-refractivity contribution in [2.75, 3.05) is 24.7 Å². The second kappa shape index (κ2) is 13.5. The number of aryl methyl sites for hydroxylation is 1. The number of alkyl halides is 6. The number of anilines is 1. The summed E-state index contributed by atoms with van der Waals surface area (Å²) in [7, 11) is -1.30. The molecule has 18 heteroatoms. The molecule has 11 nitrogen and oxygen atoms in total. The predicted octanol–water partition coefficient (Wildman–Crippen LogP) is 7.88. The van der Waals surface area contributed by atoms with Crippen LogP contribution in [0.5, 0.6) is 5.75 Å². The number of amides is 1. The Morgan fingerprint density at radius 1 is 1.00 bits per heavy atom. The van der Waals surface area contributed by atoms with Gasteiger partial charge in [0.15, 0.2) is 6.10 Å². The van der Waals surface area contributed by atoms with Gasteiger partial charge >= 0.3 is 24.4 Å². The average Bonchev–Trinajstić information content (AvgIpc) is 3.38. The lowest BCUT2D eigenvalue weighted by molar-refractivity contribution is -0.143. The van der Waals surface area contributed by atoms with Gasteiger partial charge in [0, 0.05) is 24.4 Å². The molecule has 1 amide bonds. The quantitative estimate of drug-likeness (QED) is 0.168.